The molecule has 0 bridgehead atoms. The zero-order valence-corrected chi connectivity index (χ0v) is 18.8. The lowest BCUT2D eigenvalue weighted by Gasteiger charge is -2.38. The van der Waals surface area contributed by atoms with Gasteiger partial charge in [-0.05, 0) is 65.1 Å². The molecule has 0 aliphatic carbocycles. The van der Waals surface area contributed by atoms with Crippen molar-refractivity contribution < 1.29 is 18.7 Å². The lowest BCUT2D eigenvalue weighted by atomic mass is 9.81. The number of hydrogen-bond acceptors (Lipinski definition) is 3. The average molecular weight is 456 g/mol. The highest BCUT2D eigenvalue weighted by atomic mass is 19.1. The Morgan fingerprint density at radius 2 is 1.68 bits per heavy atom. The molecule has 0 spiro atoms. The number of carbonyl (C=O) groups excluding carboxylic acids is 1. The fourth-order valence-corrected chi connectivity index (χ4v) is 4.51. The van der Waals surface area contributed by atoms with Crippen LogP contribution in [0, 0.1) is 5.82 Å². The zero-order chi connectivity index (χ0) is 23.4. The second kappa shape index (κ2) is 9.65. The molecule has 5 rings (SSSR count). The van der Waals surface area contributed by atoms with Crippen molar-refractivity contribution in [3.8, 4) is 5.75 Å². The van der Waals surface area contributed by atoms with Gasteiger partial charge in [0.1, 0.15) is 18.2 Å². The van der Waals surface area contributed by atoms with Gasteiger partial charge in [0, 0.05) is 24.8 Å². The van der Waals surface area contributed by atoms with E-state index in [0.717, 1.165) is 16.5 Å². The Hall–Kier alpha value is -3.70. The van der Waals surface area contributed by atoms with Gasteiger partial charge >= 0.3 is 0 Å². The van der Waals surface area contributed by atoms with Gasteiger partial charge in [0.05, 0.1) is 5.54 Å². The van der Waals surface area contributed by atoms with Crippen molar-refractivity contribution in [2.24, 2.45) is 0 Å². The van der Waals surface area contributed by atoms with Crippen molar-refractivity contribution >= 4 is 16.7 Å². The summed E-state index contributed by atoms with van der Waals surface area (Å²) >= 11 is 0. The molecule has 0 aromatic heterocycles. The van der Waals surface area contributed by atoms with Crippen molar-refractivity contribution in [1.29, 1.82) is 0 Å². The first-order valence-corrected chi connectivity index (χ1v) is 11.5. The molecule has 4 nitrogen and oxygen atoms in total. The SMILES string of the molecule is O=C(NC1(c2ccc3ccccc3c2)CCOCC1)c1cccc(COc2cccc(F)c2)c1. The van der Waals surface area contributed by atoms with E-state index in [9.17, 15) is 9.18 Å². The molecule has 172 valence electrons. The third-order valence-corrected chi connectivity index (χ3v) is 6.39. The molecule has 1 aliphatic heterocycles. The molecular weight excluding hydrogens is 429 g/mol. The van der Waals surface area contributed by atoms with Crippen molar-refractivity contribution in [3.63, 3.8) is 0 Å². The fourth-order valence-electron chi connectivity index (χ4n) is 4.51. The maximum Gasteiger partial charge on any atom is 0.251 e. The number of carbonyl (C=O) groups is 1. The summed E-state index contributed by atoms with van der Waals surface area (Å²) in [6, 6.07) is 28.0. The van der Waals surface area contributed by atoms with Crippen molar-refractivity contribution in [1.82, 2.24) is 5.32 Å². The fraction of sp³-hybridized carbons (Fsp3) is 0.207. The normalized spacial score (nSPS) is 15.1. The van der Waals surface area contributed by atoms with Crippen LogP contribution in [-0.4, -0.2) is 19.1 Å². The molecule has 0 radical (unpaired) electrons. The summed E-state index contributed by atoms with van der Waals surface area (Å²) in [5.74, 6) is -0.0314. The summed E-state index contributed by atoms with van der Waals surface area (Å²) in [7, 11) is 0. The lowest BCUT2D eigenvalue weighted by molar-refractivity contribution is 0.0346. The van der Waals surface area contributed by atoms with Crippen LogP contribution in [0.1, 0.15) is 34.3 Å². The zero-order valence-electron chi connectivity index (χ0n) is 18.8. The summed E-state index contributed by atoms with van der Waals surface area (Å²) in [6.45, 7) is 1.43. The average Bonchev–Trinajstić information content (AvgIpc) is 2.88. The minimum absolute atomic E-state index is 0.136. The maximum absolute atomic E-state index is 13.4. The van der Waals surface area contributed by atoms with E-state index < -0.39 is 5.54 Å². The minimum atomic E-state index is -0.493. The molecule has 4 aromatic carbocycles. The molecular formula is C29H26FNO3. The summed E-state index contributed by atoms with van der Waals surface area (Å²) < 4.78 is 24.7. The molecule has 1 heterocycles. The van der Waals surface area contributed by atoms with Crippen LogP contribution in [0.15, 0.2) is 91.0 Å². The van der Waals surface area contributed by atoms with Crippen molar-refractivity contribution in [2.45, 2.75) is 25.0 Å². The number of hydrogen-bond donors (Lipinski definition) is 1. The van der Waals surface area contributed by atoms with E-state index in [1.807, 2.05) is 30.3 Å². The van der Waals surface area contributed by atoms with Gasteiger partial charge in [0.2, 0.25) is 0 Å². The number of fused-ring (bicyclic) bond motifs is 1. The van der Waals surface area contributed by atoms with E-state index in [0.29, 0.717) is 37.4 Å². The molecule has 1 fully saturated rings. The summed E-state index contributed by atoms with van der Waals surface area (Å²) in [6.07, 6.45) is 1.42. The first-order chi connectivity index (χ1) is 16.6. The second-order valence-corrected chi connectivity index (χ2v) is 8.66. The van der Waals surface area contributed by atoms with Gasteiger partial charge in [-0.1, -0.05) is 54.6 Å². The van der Waals surface area contributed by atoms with E-state index in [-0.39, 0.29) is 18.3 Å². The van der Waals surface area contributed by atoms with Crippen LogP contribution in [-0.2, 0) is 16.9 Å². The topological polar surface area (TPSA) is 47.6 Å². The Bertz CT molecular complexity index is 1310. The predicted molar refractivity (Wildman–Crippen MR) is 130 cm³/mol. The van der Waals surface area contributed by atoms with E-state index >= 15 is 0 Å². The molecule has 34 heavy (non-hydrogen) atoms. The van der Waals surface area contributed by atoms with Crippen LogP contribution in [0.5, 0.6) is 5.75 Å². The standard InChI is InChI=1S/C29H26FNO3/c30-26-9-4-10-27(19-26)34-20-21-5-3-8-24(17-21)28(32)31-29(13-15-33-16-14-29)25-12-11-22-6-1-2-7-23(22)18-25/h1-12,17-19H,13-16,20H2,(H,31,32). The molecule has 0 atom stereocenters. The van der Waals surface area contributed by atoms with Crippen LogP contribution >= 0.6 is 0 Å². The Morgan fingerprint density at radius 3 is 2.50 bits per heavy atom. The molecule has 1 amide bonds. The van der Waals surface area contributed by atoms with Crippen molar-refractivity contribution in [3.05, 3.63) is 114 Å². The molecule has 0 unspecified atom stereocenters. The van der Waals surface area contributed by atoms with Gasteiger partial charge in [0.15, 0.2) is 0 Å². The number of benzene rings is 4. The number of nitrogens with one attached hydrogen (secondary N) is 1. The lowest BCUT2D eigenvalue weighted by Crippen LogP contribution is -2.49. The number of rotatable bonds is 6. The second-order valence-electron chi connectivity index (χ2n) is 8.66. The number of amides is 1. The highest BCUT2D eigenvalue weighted by Crippen LogP contribution is 2.34. The number of ether oxygens (including phenoxy) is 2. The van der Waals surface area contributed by atoms with Gasteiger partial charge in [0.25, 0.3) is 5.91 Å². The van der Waals surface area contributed by atoms with Gasteiger partial charge in [-0.25, -0.2) is 4.39 Å². The monoisotopic (exact) mass is 455 g/mol. The molecule has 0 saturated carbocycles. The van der Waals surface area contributed by atoms with Gasteiger partial charge in [-0.2, -0.15) is 0 Å². The van der Waals surface area contributed by atoms with Crippen LogP contribution in [0.2, 0.25) is 0 Å². The molecule has 1 aliphatic rings. The molecule has 4 aromatic rings. The third-order valence-electron chi connectivity index (χ3n) is 6.39. The highest BCUT2D eigenvalue weighted by Gasteiger charge is 2.36. The highest BCUT2D eigenvalue weighted by molar-refractivity contribution is 5.95. The van der Waals surface area contributed by atoms with E-state index in [1.165, 1.54) is 17.5 Å². The molecule has 1 saturated heterocycles. The van der Waals surface area contributed by atoms with E-state index in [1.54, 1.807) is 18.2 Å². The first kappa shape index (κ1) is 22.1. The Labute approximate surface area is 198 Å². The van der Waals surface area contributed by atoms with Gasteiger partial charge in [-0.3, -0.25) is 4.79 Å². The first-order valence-electron chi connectivity index (χ1n) is 11.5. The minimum Gasteiger partial charge on any atom is -0.489 e. The number of halogens is 1. The van der Waals surface area contributed by atoms with E-state index in [2.05, 4.69) is 35.6 Å². The summed E-state index contributed by atoms with van der Waals surface area (Å²) in [5.41, 5.74) is 2.00. The Morgan fingerprint density at radius 1 is 0.882 bits per heavy atom. The summed E-state index contributed by atoms with van der Waals surface area (Å²) in [5, 5.41) is 5.65. The van der Waals surface area contributed by atoms with Crippen LogP contribution in [0.4, 0.5) is 4.39 Å². The smallest absolute Gasteiger partial charge is 0.251 e. The van der Waals surface area contributed by atoms with Crippen LogP contribution < -0.4 is 10.1 Å². The van der Waals surface area contributed by atoms with E-state index in [4.69, 9.17) is 9.47 Å². The quantitative estimate of drug-likeness (QED) is 0.388. The van der Waals surface area contributed by atoms with Crippen LogP contribution in [0.25, 0.3) is 10.8 Å². The molecule has 1 N–H and O–H groups in total. The largest absolute Gasteiger partial charge is 0.489 e. The van der Waals surface area contributed by atoms with Crippen molar-refractivity contribution in [2.75, 3.05) is 13.2 Å². The Kier molecular flexibility index (Phi) is 6.28. The Balaban J connectivity index is 1.37. The van der Waals surface area contributed by atoms with Gasteiger partial charge < -0.3 is 14.8 Å². The predicted octanol–water partition coefficient (Wildman–Crippen LogP) is 5.99. The molecule has 5 heteroatoms. The summed E-state index contributed by atoms with van der Waals surface area (Å²) in [4.78, 5) is 13.4. The van der Waals surface area contributed by atoms with Gasteiger partial charge in [-0.15, -0.1) is 0 Å². The third kappa shape index (κ3) is 4.80. The van der Waals surface area contributed by atoms with Crippen LogP contribution in [0.3, 0.4) is 0 Å². The maximum atomic E-state index is 13.4.